The van der Waals surface area contributed by atoms with Gasteiger partial charge in [0.05, 0.1) is 17.2 Å². The Kier molecular flexibility index (Phi) is 6.47. The van der Waals surface area contributed by atoms with E-state index in [1.807, 2.05) is 6.92 Å². The lowest BCUT2D eigenvalue weighted by molar-refractivity contribution is 0.342. The quantitative estimate of drug-likeness (QED) is 0.382. The summed E-state index contributed by atoms with van der Waals surface area (Å²) < 4.78 is 38.1. The average molecular weight is 480 g/mol. The number of anilines is 1. The normalized spacial score (nSPS) is 11.0. The van der Waals surface area contributed by atoms with E-state index in [9.17, 15) is 13.6 Å². The topological polar surface area (TPSA) is 106 Å². The summed E-state index contributed by atoms with van der Waals surface area (Å²) in [6.45, 7) is 2.50. The fourth-order valence-corrected chi connectivity index (χ4v) is 4.17. The molecule has 0 spiro atoms. The van der Waals surface area contributed by atoms with Crippen LogP contribution in [0.4, 0.5) is 14.6 Å². The van der Waals surface area contributed by atoms with E-state index in [-0.39, 0.29) is 29.4 Å². The van der Waals surface area contributed by atoms with Crippen molar-refractivity contribution in [2.24, 2.45) is 0 Å². The van der Waals surface area contributed by atoms with Gasteiger partial charge in [0.2, 0.25) is 0 Å². The van der Waals surface area contributed by atoms with Crippen LogP contribution in [0.15, 0.2) is 39.9 Å². The molecule has 0 aliphatic carbocycles. The fourth-order valence-electron chi connectivity index (χ4n) is 2.97. The second-order valence-electron chi connectivity index (χ2n) is 6.49. The van der Waals surface area contributed by atoms with Crippen LogP contribution in [0.1, 0.15) is 12.5 Å². The highest BCUT2D eigenvalue weighted by Gasteiger charge is 2.18. The van der Waals surface area contributed by atoms with Gasteiger partial charge in [0.25, 0.3) is 0 Å². The Balaban J connectivity index is 1.52. The third kappa shape index (κ3) is 4.78. The van der Waals surface area contributed by atoms with Crippen LogP contribution in [-0.2, 0) is 6.42 Å². The van der Waals surface area contributed by atoms with E-state index in [0.29, 0.717) is 28.7 Å². The molecule has 1 aromatic carbocycles. The zero-order valence-electron chi connectivity index (χ0n) is 16.6. The molecule has 0 saturated heterocycles. The first kappa shape index (κ1) is 21.9. The minimum atomic E-state index is -0.694. The molecule has 32 heavy (non-hydrogen) atoms. The van der Waals surface area contributed by atoms with Crippen molar-refractivity contribution in [2.75, 3.05) is 18.5 Å². The number of aromatic nitrogens is 4. The van der Waals surface area contributed by atoms with Crippen molar-refractivity contribution < 1.29 is 18.0 Å². The molecule has 0 atom stereocenters. The summed E-state index contributed by atoms with van der Waals surface area (Å²) in [4.78, 5) is 23.6. The Bertz CT molecular complexity index is 1280. The second kappa shape index (κ2) is 9.45. The molecule has 0 saturated carbocycles. The summed E-state index contributed by atoms with van der Waals surface area (Å²) >= 11 is 6.96. The minimum Gasteiger partial charge on any atom is -0.492 e. The molecule has 0 amide bonds. The number of H-pyrrole nitrogens is 1. The molecule has 8 nitrogen and oxygen atoms in total. The third-order valence-corrected chi connectivity index (χ3v) is 5.72. The maximum absolute atomic E-state index is 13.9. The Hall–Kier alpha value is -3.31. The van der Waals surface area contributed by atoms with Gasteiger partial charge < -0.3 is 10.1 Å². The van der Waals surface area contributed by atoms with Gasteiger partial charge in [-0.15, -0.1) is 11.3 Å². The number of nitrogens with one attached hydrogen (secondary N) is 2. The monoisotopic (exact) mass is 479 g/mol. The number of halogens is 3. The van der Waals surface area contributed by atoms with Crippen LogP contribution in [0.3, 0.4) is 0 Å². The molecule has 0 aliphatic rings. The standard InChI is InChI=1S/C20H16ClF2N5O3S/c1-2-30-15-8-16(32-18(15)19-27-20(29)31-28-19)14-7-17(26-9-25-14)24-4-3-11-12(22)5-10(21)6-13(11)23/h5-9H,2-4H2,1H3,(H,24,25,26)(H,27,28,29). The Morgan fingerprint density at radius 3 is 2.69 bits per heavy atom. The van der Waals surface area contributed by atoms with Gasteiger partial charge in [-0.05, 0) is 25.5 Å². The van der Waals surface area contributed by atoms with Crippen molar-refractivity contribution in [3.8, 4) is 27.0 Å². The van der Waals surface area contributed by atoms with E-state index < -0.39 is 17.4 Å². The number of benzene rings is 1. The molecular formula is C20H16ClF2N5O3S. The van der Waals surface area contributed by atoms with Crippen LogP contribution >= 0.6 is 22.9 Å². The van der Waals surface area contributed by atoms with Crippen molar-refractivity contribution >= 4 is 28.8 Å². The van der Waals surface area contributed by atoms with Gasteiger partial charge in [-0.25, -0.2) is 23.5 Å². The molecule has 3 heterocycles. The van der Waals surface area contributed by atoms with Gasteiger partial charge in [0.15, 0.2) is 5.82 Å². The highest BCUT2D eigenvalue weighted by Crippen LogP contribution is 2.41. The lowest BCUT2D eigenvalue weighted by atomic mass is 10.1. The SMILES string of the molecule is CCOc1cc(-c2cc(NCCc3c(F)cc(Cl)cc3F)ncn2)sc1-c1noc(=O)[nH]1. The average Bonchev–Trinajstić information content (AvgIpc) is 3.37. The van der Waals surface area contributed by atoms with Crippen LogP contribution in [0, 0.1) is 11.6 Å². The smallest absolute Gasteiger partial charge is 0.439 e. The summed E-state index contributed by atoms with van der Waals surface area (Å²) in [7, 11) is 0. The van der Waals surface area contributed by atoms with E-state index in [1.54, 1.807) is 12.1 Å². The van der Waals surface area contributed by atoms with Crippen LogP contribution in [0.25, 0.3) is 21.3 Å². The molecule has 166 valence electrons. The molecule has 0 fully saturated rings. The Morgan fingerprint density at radius 1 is 1.22 bits per heavy atom. The first-order valence-corrected chi connectivity index (χ1v) is 10.7. The lowest BCUT2D eigenvalue weighted by Crippen LogP contribution is -2.09. The van der Waals surface area contributed by atoms with E-state index in [2.05, 4.69) is 29.9 Å². The van der Waals surface area contributed by atoms with Crippen LogP contribution in [0.5, 0.6) is 5.75 Å². The number of hydrogen-bond donors (Lipinski definition) is 2. The van der Waals surface area contributed by atoms with Crippen LogP contribution in [-0.4, -0.2) is 33.3 Å². The van der Waals surface area contributed by atoms with Gasteiger partial charge in [-0.1, -0.05) is 16.8 Å². The Morgan fingerprint density at radius 2 is 2.00 bits per heavy atom. The van der Waals surface area contributed by atoms with Crippen molar-refractivity contribution in [1.29, 1.82) is 0 Å². The first-order valence-electron chi connectivity index (χ1n) is 9.47. The highest BCUT2D eigenvalue weighted by molar-refractivity contribution is 7.19. The molecule has 0 radical (unpaired) electrons. The summed E-state index contributed by atoms with van der Waals surface area (Å²) in [6.07, 6.45) is 1.48. The maximum Gasteiger partial charge on any atom is 0.439 e. The number of aromatic amines is 1. The van der Waals surface area contributed by atoms with Crippen molar-refractivity contribution in [3.05, 3.63) is 63.4 Å². The zero-order valence-corrected chi connectivity index (χ0v) is 18.2. The molecule has 12 heteroatoms. The van der Waals surface area contributed by atoms with E-state index >= 15 is 0 Å². The molecule has 0 aliphatic heterocycles. The molecule has 4 rings (SSSR count). The summed E-state index contributed by atoms with van der Waals surface area (Å²) in [6, 6.07) is 5.64. The summed E-state index contributed by atoms with van der Waals surface area (Å²) in [5, 5.41) is 6.76. The molecule has 0 unspecified atom stereocenters. The number of ether oxygens (including phenoxy) is 1. The van der Waals surface area contributed by atoms with Crippen LogP contribution < -0.4 is 15.8 Å². The predicted octanol–water partition coefficient (Wildman–Crippen LogP) is 4.53. The number of nitrogens with zero attached hydrogens (tertiary/aromatic N) is 3. The molecule has 4 aromatic rings. The molecule has 0 bridgehead atoms. The third-order valence-electron chi connectivity index (χ3n) is 4.36. The summed E-state index contributed by atoms with van der Waals surface area (Å²) in [5.41, 5.74) is 0.538. The minimum absolute atomic E-state index is 0.00795. The van der Waals surface area contributed by atoms with Crippen molar-refractivity contribution in [1.82, 2.24) is 20.1 Å². The van der Waals surface area contributed by atoms with Gasteiger partial charge in [0.1, 0.15) is 34.4 Å². The lowest BCUT2D eigenvalue weighted by Gasteiger charge is -2.08. The number of hydrogen-bond acceptors (Lipinski definition) is 8. The molecular weight excluding hydrogens is 464 g/mol. The fraction of sp³-hybridized carbons (Fsp3) is 0.200. The van der Waals surface area contributed by atoms with Crippen molar-refractivity contribution in [3.63, 3.8) is 0 Å². The number of thiophene rings is 1. The van der Waals surface area contributed by atoms with Gasteiger partial charge in [-0.3, -0.25) is 9.51 Å². The second-order valence-corrected chi connectivity index (χ2v) is 7.98. The van der Waals surface area contributed by atoms with E-state index in [4.69, 9.17) is 16.3 Å². The number of rotatable bonds is 8. The largest absolute Gasteiger partial charge is 0.492 e. The van der Waals surface area contributed by atoms with Gasteiger partial charge in [-0.2, -0.15) is 0 Å². The first-order chi connectivity index (χ1) is 15.4. The van der Waals surface area contributed by atoms with E-state index in [1.165, 1.54) is 17.7 Å². The highest BCUT2D eigenvalue weighted by atomic mass is 35.5. The van der Waals surface area contributed by atoms with Crippen LogP contribution in [0.2, 0.25) is 5.02 Å². The van der Waals surface area contributed by atoms with Crippen molar-refractivity contribution in [2.45, 2.75) is 13.3 Å². The maximum atomic E-state index is 13.9. The Labute approximate surface area is 189 Å². The van der Waals surface area contributed by atoms with Gasteiger partial charge in [0, 0.05) is 29.3 Å². The molecule has 2 N–H and O–H groups in total. The summed E-state index contributed by atoms with van der Waals surface area (Å²) in [5.74, 6) is -0.790. The van der Waals surface area contributed by atoms with E-state index in [0.717, 1.165) is 17.0 Å². The molecule has 3 aromatic heterocycles. The van der Waals surface area contributed by atoms with Gasteiger partial charge >= 0.3 is 5.76 Å². The predicted molar refractivity (Wildman–Crippen MR) is 116 cm³/mol. The zero-order chi connectivity index (χ0) is 22.7.